The fraction of sp³-hybridized carbons (Fsp3) is 0.444. The molecule has 0 bridgehead atoms. The van der Waals surface area contributed by atoms with Crippen molar-refractivity contribution in [3.8, 4) is 0 Å². The second kappa shape index (κ2) is 2.82. The lowest BCUT2D eigenvalue weighted by molar-refractivity contribution is 1.04. The third-order valence-electron chi connectivity index (χ3n) is 1.95. The first-order chi connectivity index (χ1) is 4.75. The maximum atomic E-state index is 4.19. The molecule has 1 nitrogen and oxygen atoms in total. The van der Waals surface area contributed by atoms with Crippen molar-refractivity contribution in [2.24, 2.45) is 0 Å². The van der Waals surface area contributed by atoms with E-state index in [0.29, 0.717) is 0 Å². The third-order valence-corrected chi connectivity index (χ3v) is 1.95. The maximum absolute atomic E-state index is 4.19. The summed E-state index contributed by atoms with van der Waals surface area (Å²) in [4.78, 5) is 4.19. The Hall–Kier alpha value is -0.850. The molecule has 0 aliphatic rings. The molecule has 0 unspecified atom stereocenters. The molecule has 0 atom stereocenters. The van der Waals surface area contributed by atoms with Gasteiger partial charge in [0, 0.05) is 11.9 Å². The molecule has 10 heavy (non-hydrogen) atoms. The van der Waals surface area contributed by atoms with Gasteiger partial charge in [0.25, 0.3) is 0 Å². The van der Waals surface area contributed by atoms with E-state index in [0.717, 1.165) is 12.1 Å². The van der Waals surface area contributed by atoms with Gasteiger partial charge in [0.1, 0.15) is 0 Å². The van der Waals surface area contributed by atoms with E-state index >= 15 is 0 Å². The molecule has 1 heteroatoms. The molecule has 0 radical (unpaired) electrons. The van der Waals surface area contributed by atoms with Crippen LogP contribution in [-0.2, 0) is 6.42 Å². The summed E-state index contributed by atoms with van der Waals surface area (Å²) >= 11 is 0. The van der Waals surface area contributed by atoms with E-state index in [-0.39, 0.29) is 0 Å². The predicted octanol–water partition coefficient (Wildman–Crippen LogP) is 2.26. The lowest BCUT2D eigenvalue weighted by Gasteiger charge is -2.03. The Balaban J connectivity index is 3.14. The molecule has 1 rings (SSSR count). The number of rotatable bonds is 1. The molecule has 1 aromatic rings. The van der Waals surface area contributed by atoms with E-state index < -0.39 is 0 Å². The minimum atomic E-state index is 1.11. The molecule has 0 spiro atoms. The van der Waals surface area contributed by atoms with Gasteiger partial charge in [0.2, 0.25) is 0 Å². The zero-order chi connectivity index (χ0) is 7.56. The minimum absolute atomic E-state index is 1.11. The quantitative estimate of drug-likeness (QED) is 0.575. The first-order valence-electron chi connectivity index (χ1n) is 3.66. The van der Waals surface area contributed by atoms with Gasteiger partial charge < -0.3 is 0 Å². The van der Waals surface area contributed by atoms with Crippen molar-refractivity contribution in [1.29, 1.82) is 0 Å². The normalized spacial score (nSPS) is 9.90. The largest absolute Gasteiger partial charge is 0.261 e. The van der Waals surface area contributed by atoms with Crippen LogP contribution in [0.5, 0.6) is 0 Å². The fourth-order valence-corrected chi connectivity index (χ4v) is 1.08. The van der Waals surface area contributed by atoms with Crippen LogP contribution in [0.3, 0.4) is 0 Å². The van der Waals surface area contributed by atoms with E-state index in [4.69, 9.17) is 0 Å². The lowest BCUT2D eigenvalue weighted by atomic mass is 10.1. The first-order valence-corrected chi connectivity index (χ1v) is 3.66. The fourth-order valence-electron chi connectivity index (χ4n) is 1.08. The SMILES string of the molecule is CCc1ccnc(C)c1C. The summed E-state index contributed by atoms with van der Waals surface area (Å²) in [7, 11) is 0. The number of aromatic nitrogens is 1. The Bertz CT molecular complexity index is 228. The van der Waals surface area contributed by atoms with Crippen LogP contribution in [0.25, 0.3) is 0 Å². The standard InChI is InChI=1S/C9H13N/c1-4-9-5-6-10-8(3)7(9)2/h5-6H,4H2,1-3H3. The summed E-state index contributed by atoms with van der Waals surface area (Å²) in [6.45, 7) is 6.34. The molecular weight excluding hydrogens is 122 g/mol. The second-order valence-electron chi connectivity index (χ2n) is 2.53. The average Bonchev–Trinajstić information content (AvgIpc) is 1.95. The van der Waals surface area contributed by atoms with Crippen LogP contribution >= 0.6 is 0 Å². The summed E-state index contributed by atoms with van der Waals surface area (Å²) < 4.78 is 0. The number of pyridine rings is 1. The molecule has 0 N–H and O–H groups in total. The smallest absolute Gasteiger partial charge is 0.0404 e. The van der Waals surface area contributed by atoms with Crippen molar-refractivity contribution in [1.82, 2.24) is 4.98 Å². The number of aryl methyl sites for hydroxylation is 2. The van der Waals surface area contributed by atoms with Crippen LogP contribution in [0.1, 0.15) is 23.7 Å². The van der Waals surface area contributed by atoms with Gasteiger partial charge >= 0.3 is 0 Å². The summed E-state index contributed by atoms with van der Waals surface area (Å²) in [5.41, 5.74) is 3.90. The maximum Gasteiger partial charge on any atom is 0.0404 e. The average molecular weight is 135 g/mol. The number of nitrogens with zero attached hydrogens (tertiary/aromatic N) is 1. The molecule has 54 valence electrons. The number of hydrogen-bond donors (Lipinski definition) is 0. The van der Waals surface area contributed by atoms with E-state index in [1.54, 1.807) is 0 Å². The van der Waals surface area contributed by atoms with Crippen molar-refractivity contribution in [2.75, 3.05) is 0 Å². The highest BCUT2D eigenvalue weighted by Gasteiger charge is 1.96. The summed E-state index contributed by atoms with van der Waals surface area (Å²) in [5, 5.41) is 0. The minimum Gasteiger partial charge on any atom is -0.261 e. The monoisotopic (exact) mass is 135 g/mol. The van der Waals surface area contributed by atoms with Crippen molar-refractivity contribution in [3.05, 3.63) is 29.1 Å². The van der Waals surface area contributed by atoms with Crippen LogP contribution in [-0.4, -0.2) is 4.98 Å². The second-order valence-corrected chi connectivity index (χ2v) is 2.53. The van der Waals surface area contributed by atoms with Gasteiger partial charge in [-0.25, -0.2) is 0 Å². The van der Waals surface area contributed by atoms with Crippen molar-refractivity contribution in [3.63, 3.8) is 0 Å². The van der Waals surface area contributed by atoms with Crippen LogP contribution < -0.4 is 0 Å². The Morgan fingerprint density at radius 3 is 2.60 bits per heavy atom. The summed E-state index contributed by atoms with van der Waals surface area (Å²) in [5.74, 6) is 0. The highest BCUT2D eigenvalue weighted by Crippen LogP contribution is 2.09. The molecule has 0 aliphatic carbocycles. The van der Waals surface area contributed by atoms with Crippen LogP contribution in [0, 0.1) is 13.8 Å². The van der Waals surface area contributed by atoms with E-state index in [9.17, 15) is 0 Å². The van der Waals surface area contributed by atoms with Crippen molar-refractivity contribution >= 4 is 0 Å². The topological polar surface area (TPSA) is 12.9 Å². The Kier molecular flexibility index (Phi) is 2.05. The third kappa shape index (κ3) is 1.18. The summed E-state index contributed by atoms with van der Waals surface area (Å²) in [6, 6.07) is 2.09. The predicted molar refractivity (Wildman–Crippen MR) is 43.1 cm³/mol. The van der Waals surface area contributed by atoms with E-state index in [1.807, 2.05) is 6.20 Å². The van der Waals surface area contributed by atoms with Crippen LogP contribution in [0.2, 0.25) is 0 Å². The van der Waals surface area contributed by atoms with Gasteiger partial charge in [-0.1, -0.05) is 6.92 Å². The molecular formula is C9H13N. The zero-order valence-electron chi connectivity index (χ0n) is 6.81. The zero-order valence-corrected chi connectivity index (χ0v) is 6.81. The van der Waals surface area contributed by atoms with Gasteiger partial charge in [-0.3, -0.25) is 4.98 Å². The van der Waals surface area contributed by atoms with E-state index in [1.165, 1.54) is 11.1 Å². The molecule has 0 aromatic carbocycles. The molecule has 0 amide bonds. The van der Waals surface area contributed by atoms with Gasteiger partial charge in [-0.05, 0) is 37.5 Å². The highest BCUT2D eigenvalue weighted by atomic mass is 14.7. The van der Waals surface area contributed by atoms with E-state index in [2.05, 4.69) is 31.8 Å². The Morgan fingerprint density at radius 2 is 2.10 bits per heavy atom. The molecule has 1 aromatic heterocycles. The van der Waals surface area contributed by atoms with Crippen molar-refractivity contribution < 1.29 is 0 Å². The van der Waals surface area contributed by atoms with Crippen LogP contribution in [0.4, 0.5) is 0 Å². The first kappa shape index (κ1) is 7.26. The van der Waals surface area contributed by atoms with Crippen LogP contribution in [0.15, 0.2) is 12.3 Å². The lowest BCUT2D eigenvalue weighted by Crippen LogP contribution is -1.91. The van der Waals surface area contributed by atoms with Gasteiger partial charge in [-0.15, -0.1) is 0 Å². The molecule has 1 heterocycles. The molecule has 0 saturated carbocycles. The Labute approximate surface area is 62.1 Å². The Morgan fingerprint density at radius 1 is 1.40 bits per heavy atom. The van der Waals surface area contributed by atoms with Gasteiger partial charge in [-0.2, -0.15) is 0 Å². The van der Waals surface area contributed by atoms with Gasteiger partial charge in [0.05, 0.1) is 0 Å². The highest BCUT2D eigenvalue weighted by molar-refractivity contribution is 5.27. The van der Waals surface area contributed by atoms with Gasteiger partial charge in [0.15, 0.2) is 0 Å². The molecule has 0 fully saturated rings. The van der Waals surface area contributed by atoms with Crippen molar-refractivity contribution in [2.45, 2.75) is 27.2 Å². The molecule has 0 saturated heterocycles. The summed E-state index contributed by atoms with van der Waals surface area (Å²) in [6.07, 6.45) is 2.98. The molecule has 0 aliphatic heterocycles. The number of hydrogen-bond acceptors (Lipinski definition) is 1.